The predicted octanol–water partition coefficient (Wildman–Crippen LogP) is 5.81. The van der Waals surface area contributed by atoms with Gasteiger partial charge in [-0.05, 0) is 49.9 Å². The van der Waals surface area contributed by atoms with Gasteiger partial charge < -0.3 is 9.72 Å². The molecule has 0 saturated carbocycles. The molecule has 156 valence electrons. The summed E-state index contributed by atoms with van der Waals surface area (Å²) in [5.41, 5.74) is 2.90. The van der Waals surface area contributed by atoms with Gasteiger partial charge in [0.15, 0.2) is 5.78 Å². The number of carbonyl (C=O) groups is 2. The zero-order chi connectivity index (χ0) is 22.0. The first-order valence-electron chi connectivity index (χ1n) is 9.96. The maximum atomic E-state index is 13.1. The van der Waals surface area contributed by atoms with Crippen molar-refractivity contribution in [1.82, 2.24) is 9.97 Å². The number of benzene rings is 2. The normalized spacial score (nSPS) is 11.3. The molecule has 31 heavy (non-hydrogen) atoms. The number of ether oxygens (including phenoxy) is 1. The van der Waals surface area contributed by atoms with Crippen LogP contribution < -0.4 is 5.32 Å². The second kappa shape index (κ2) is 8.07. The van der Waals surface area contributed by atoms with Gasteiger partial charge in [0, 0.05) is 46.5 Å². The standard InChI is InChI=1S/C25H23N3O3/c1-25(2,3)31-24(30)28-19-10-8-16(9-11-19)22-12-18(14-27-22)23(29)21-15-26-13-17-6-4-5-7-20(17)21/h4-15,27H,1-3H3,(H,28,30). The number of aromatic nitrogens is 2. The minimum Gasteiger partial charge on any atom is -0.444 e. The third kappa shape index (κ3) is 4.64. The molecule has 0 aliphatic heterocycles. The summed E-state index contributed by atoms with van der Waals surface area (Å²) in [6.45, 7) is 5.44. The van der Waals surface area contributed by atoms with Gasteiger partial charge in [0.1, 0.15) is 5.60 Å². The summed E-state index contributed by atoms with van der Waals surface area (Å²) < 4.78 is 5.26. The SMILES string of the molecule is CC(C)(C)OC(=O)Nc1ccc(-c2cc(C(=O)c3cncc4ccccc34)c[nH]2)cc1. The summed E-state index contributed by atoms with van der Waals surface area (Å²) in [4.78, 5) is 32.3. The predicted molar refractivity (Wildman–Crippen MR) is 121 cm³/mol. The highest BCUT2D eigenvalue weighted by Crippen LogP contribution is 2.25. The van der Waals surface area contributed by atoms with E-state index < -0.39 is 11.7 Å². The van der Waals surface area contributed by atoms with E-state index in [1.807, 2.05) is 63.2 Å². The fourth-order valence-corrected chi connectivity index (χ4v) is 3.30. The van der Waals surface area contributed by atoms with E-state index in [0.717, 1.165) is 22.0 Å². The zero-order valence-corrected chi connectivity index (χ0v) is 17.6. The number of hydrogen-bond donors (Lipinski definition) is 2. The Bertz CT molecular complexity index is 1250. The van der Waals surface area contributed by atoms with Gasteiger partial charge in [0.2, 0.25) is 0 Å². The quantitative estimate of drug-likeness (QED) is 0.414. The molecule has 0 saturated heterocycles. The van der Waals surface area contributed by atoms with E-state index in [9.17, 15) is 9.59 Å². The second-order valence-electron chi connectivity index (χ2n) is 8.24. The number of hydrogen-bond acceptors (Lipinski definition) is 4. The molecule has 1 amide bonds. The summed E-state index contributed by atoms with van der Waals surface area (Å²) in [5, 5.41) is 4.51. The molecule has 2 aromatic carbocycles. The summed E-state index contributed by atoms with van der Waals surface area (Å²) in [7, 11) is 0. The number of anilines is 1. The number of pyridine rings is 1. The van der Waals surface area contributed by atoms with E-state index in [-0.39, 0.29) is 5.78 Å². The number of aromatic amines is 1. The largest absolute Gasteiger partial charge is 0.444 e. The van der Waals surface area contributed by atoms with E-state index in [2.05, 4.69) is 15.3 Å². The minimum atomic E-state index is -0.559. The molecular weight excluding hydrogens is 390 g/mol. The van der Waals surface area contributed by atoms with Crippen molar-refractivity contribution in [2.45, 2.75) is 26.4 Å². The number of rotatable bonds is 4. The molecule has 0 spiro atoms. The summed E-state index contributed by atoms with van der Waals surface area (Å²) in [6.07, 6.45) is 4.55. The number of fused-ring (bicyclic) bond motifs is 1. The topological polar surface area (TPSA) is 84.1 Å². The lowest BCUT2D eigenvalue weighted by atomic mass is 10.0. The van der Waals surface area contributed by atoms with E-state index in [1.165, 1.54) is 0 Å². The van der Waals surface area contributed by atoms with Crippen LogP contribution in [0, 0.1) is 0 Å². The zero-order valence-electron chi connectivity index (χ0n) is 17.6. The maximum Gasteiger partial charge on any atom is 0.412 e. The molecule has 0 radical (unpaired) electrons. The van der Waals surface area contributed by atoms with Crippen molar-refractivity contribution in [3.63, 3.8) is 0 Å². The van der Waals surface area contributed by atoms with E-state index in [1.54, 1.807) is 30.7 Å². The van der Waals surface area contributed by atoms with Crippen LogP contribution in [0.4, 0.5) is 10.5 Å². The van der Waals surface area contributed by atoms with Gasteiger partial charge >= 0.3 is 6.09 Å². The van der Waals surface area contributed by atoms with E-state index >= 15 is 0 Å². The average Bonchev–Trinajstić information content (AvgIpc) is 3.22. The molecule has 2 N–H and O–H groups in total. The van der Waals surface area contributed by atoms with Crippen molar-refractivity contribution >= 4 is 28.3 Å². The molecule has 0 aliphatic rings. The molecule has 4 aromatic rings. The van der Waals surface area contributed by atoms with Crippen molar-refractivity contribution in [3.8, 4) is 11.3 Å². The molecule has 6 nitrogen and oxygen atoms in total. The van der Waals surface area contributed by atoms with Gasteiger partial charge in [0.25, 0.3) is 0 Å². The third-order valence-electron chi connectivity index (χ3n) is 4.70. The van der Waals surface area contributed by atoms with Crippen LogP contribution in [0.2, 0.25) is 0 Å². The lowest BCUT2D eigenvalue weighted by Gasteiger charge is -2.19. The van der Waals surface area contributed by atoms with E-state index in [0.29, 0.717) is 16.8 Å². The number of nitrogens with zero attached hydrogens (tertiary/aromatic N) is 1. The number of amides is 1. The van der Waals surface area contributed by atoms with Crippen LogP contribution in [0.15, 0.2) is 73.2 Å². The average molecular weight is 413 g/mol. The Balaban J connectivity index is 1.52. The highest BCUT2D eigenvalue weighted by Gasteiger charge is 2.17. The highest BCUT2D eigenvalue weighted by molar-refractivity contribution is 6.16. The Labute approximate surface area is 180 Å². The number of ketones is 1. The molecule has 0 fully saturated rings. The number of nitrogens with one attached hydrogen (secondary N) is 2. The molecule has 6 heteroatoms. The van der Waals surface area contributed by atoms with Crippen molar-refractivity contribution in [2.75, 3.05) is 5.32 Å². The van der Waals surface area contributed by atoms with Crippen LogP contribution in [-0.4, -0.2) is 27.4 Å². The van der Waals surface area contributed by atoms with Crippen LogP contribution in [0.5, 0.6) is 0 Å². The van der Waals surface area contributed by atoms with Crippen molar-refractivity contribution in [2.24, 2.45) is 0 Å². The van der Waals surface area contributed by atoms with Crippen molar-refractivity contribution < 1.29 is 14.3 Å². The van der Waals surface area contributed by atoms with Crippen molar-refractivity contribution in [3.05, 3.63) is 84.3 Å². The fraction of sp³-hybridized carbons (Fsp3) is 0.160. The molecular formula is C25H23N3O3. The summed E-state index contributed by atoms with van der Waals surface area (Å²) in [6, 6.07) is 16.8. The van der Waals surface area contributed by atoms with Crippen LogP contribution in [0.1, 0.15) is 36.7 Å². The van der Waals surface area contributed by atoms with Crippen molar-refractivity contribution in [1.29, 1.82) is 0 Å². The first-order valence-corrected chi connectivity index (χ1v) is 9.96. The lowest BCUT2D eigenvalue weighted by molar-refractivity contribution is 0.0635. The van der Waals surface area contributed by atoms with Gasteiger partial charge in [0.05, 0.1) is 0 Å². The van der Waals surface area contributed by atoms with Crippen LogP contribution in [0.25, 0.3) is 22.0 Å². The highest BCUT2D eigenvalue weighted by atomic mass is 16.6. The lowest BCUT2D eigenvalue weighted by Crippen LogP contribution is -2.27. The van der Waals surface area contributed by atoms with Gasteiger partial charge in [-0.2, -0.15) is 0 Å². The summed E-state index contributed by atoms with van der Waals surface area (Å²) >= 11 is 0. The number of H-pyrrole nitrogens is 1. The molecule has 0 aliphatic carbocycles. The Morgan fingerprint density at radius 2 is 1.74 bits per heavy atom. The van der Waals surface area contributed by atoms with Crippen LogP contribution in [0.3, 0.4) is 0 Å². The first kappa shape index (κ1) is 20.3. The molecule has 0 bridgehead atoms. The molecule has 2 heterocycles. The van der Waals surface area contributed by atoms with Gasteiger partial charge in [-0.15, -0.1) is 0 Å². The van der Waals surface area contributed by atoms with Gasteiger partial charge in [-0.3, -0.25) is 15.1 Å². The van der Waals surface area contributed by atoms with Crippen LogP contribution >= 0.6 is 0 Å². The Hall–Kier alpha value is -3.93. The Morgan fingerprint density at radius 1 is 1.00 bits per heavy atom. The van der Waals surface area contributed by atoms with Crippen LogP contribution in [-0.2, 0) is 4.74 Å². The van der Waals surface area contributed by atoms with Gasteiger partial charge in [-0.1, -0.05) is 36.4 Å². The Morgan fingerprint density at radius 3 is 2.48 bits per heavy atom. The smallest absolute Gasteiger partial charge is 0.412 e. The molecule has 2 aromatic heterocycles. The minimum absolute atomic E-state index is 0.0880. The van der Waals surface area contributed by atoms with Gasteiger partial charge in [-0.25, -0.2) is 4.79 Å². The maximum absolute atomic E-state index is 13.1. The molecule has 0 atom stereocenters. The second-order valence-corrected chi connectivity index (χ2v) is 8.24. The first-order chi connectivity index (χ1) is 14.8. The fourth-order valence-electron chi connectivity index (χ4n) is 3.30. The third-order valence-corrected chi connectivity index (χ3v) is 4.70. The summed E-state index contributed by atoms with van der Waals surface area (Å²) in [5.74, 6) is -0.0880. The van der Waals surface area contributed by atoms with E-state index in [4.69, 9.17) is 4.74 Å². The Kier molecular flexibility index (Phi) is 5.29. The molecule has 0 unspecified atom stereocenters. The molecule has 4 rings (SSSR count). The number of carbonyl (C=O) groups excluding carboxylic acids is 2. The monoisotopic (exact) mass is 413 g/mol.